The van der Waals surface area contributed by atoms with Crippen LogP contribution in [0.1, 0.15) is 13.8 Å². The van der Waals surface area contributed by atoms with Gasteiger partial charge in [-0.15, -0.1) is 0 Å². The quantitative estimate of drug-likeness (QED) is 0.805. The average molecular weight is 234 g/mol. The first-order chi connectivity index (χ1) is 5.61. The minimum atomic E-state index is 0.381. The van der Waals surface area contributed by atoms with Gasteiger partial charge in [0.1, 0.15) is 0 Å². The lowest BCUT2D eigenvalue weighted by atomic mass is 10.0. The van der Waals surface area contributed by atoms with Gasteiger partial charge in [-0.3, -0.25) is 0 Å². The minimum absolute atomic E-state index is 0.381. The van der Waals surface area contributed by atoms with E-state index in [1.165, 1.54) is 0 Å². The number of halogens is 1. The van der Waals surface area contributed by atoms with Gasteiger partial charge in [-0.2, -0.15) is 0 Å². The second-order valence-electron chi connectivity index (χ2n) is 3.40. The highest BCUT2D eigenvalue weighted by Gasteiger charge is 2.29. The monoisotopic (exact) mass is 233 g/mol. The molecular formula is C9H16BrNO. The van der Waals surface area contributed by atoms with Crippen LogP contribution in [0.3, 0.4) is 0 Å². The molecule has 3 heteroatoms. The summed E-state index contributed by atoms with van der Waals surface area (Å²) in [7, 11) is 0. The van der Waals surface area contributed by atoms with E-state index in [2.05, 4.69) is 41.7 Å². The van der Waals surface area contributed by atoms with Crippen molar-refractivity contribution in [2.24, 2.45) is 5.92 Å². The van der Waals surface area contributed by atoms with Crippen molar-refractivity contribution in [3.63, 3.8) is 0 Å². The van der Waals surface area contributed by atoms with Crippen LogP contribution in [-0.4, -0.2) is 25.3 Å². The fraction of sp³-hybridized carbons (Fsp3) is 0.778. The molecule has 0 aromatic heterocycles. The summed E-state index contributed by atoms with van der Waals surface area (Å²) in [6.45, 7) is 9.75. The minimum Gasteiger partial charge on any atom is -0.377 e. The smallest absolute Gasteiger partial charge is 0.0627 e. The Hall–Kier alpha value is 0.140. The molecule has 3 atom stereocenters. The van der Waals surface area contributed by atoms with Gasteiger partial charge in [0.2, 0.25) is 0 Å². The summed E-state index contributed by atoms with van der Waals surface area (Å²) in [6, 6.07) is 0.481. The topological polar surface area (TPSA) is 21.3 Å². The molecule has 1 heterocycles. The Morgan fingerprint density at radius 1 is 1.67 bits per heavy atom. The van der Waals surface area contributed by atoms with Crippen molar-refractivity contribution in [1.82, 2.24) is 5.32 Å². The van der Waals surface area contributed by atoms with Gasteiger partial charge in [0.25, 0.3) is 0 Å². The first kappa shape index (κ1) is 10.2. The maximum atomic E-state index is 5.50. The fourth-order valence-corrected chi connectivity index (χ4v) is 1.53. The molecule has 1 fully saturated rings. The van der Waals surface area contributed by atoms with Crippen LogP contribution in [0.4, 0.5) is 0 Å². The molecular weight excluding hydrogens is 218 g/mol. The third-order valence-corrected chi connectivity index (χ3v) is 2.75. The Bertz CT molecular complexity index is 172. The highest BCUT2D eigenvalue weighted by Crippen LogP contribution is 2.20. The van der Waals surface area contributed by atoms with Gasteiger partial charge < -0.3 is 10.1 Å². The van der Waals surface area contributed by atoms with Gasteiger partial charge in [-0.1, -0.05) is 29.4 Å². The molecule has 0 amide bonds. The van der Waals surface area contributed by atoms with Gasteiger partial charge in [-0.25, -0.2) is 0 Å². The molecule has 1 rings (SSSR count). The first-order valence-corrected chi connectivity index (χ1v) is 5.09. The Morgan fingerprint density at radius 3 is 2.75 bits per heavy atom. The normalized spacial score (nSPS) is 35.4. The molecule has 0 aromatic carbocycles. The SMILES string of the molecule is C=C(Br)CNC1COC(C)C1C. The Balaban J connectivity index is 2.29. The summed E-state index contributed by atoms with van der Waals surface area (Å²) in [5.74, 6) is 0.594. The molecule has 0 bridgehead atoms. The number of rotatable bonds is 3. The Morgan fingerprint density at radius 2 is 2.33 bits per heavy atom. The molecule has 0 saturated carbocycles. The Kier molecular flexibility index (Phi) is 3.75. The number of hydrogen-bond donors (Lipinski definition) is 1. The molecule has 1 aliphatic heterocycles. The zero-order valence-corrected chi connectivity index (χ0v) is 9.23. The van der Waals surface area contributed by atoms with E-state index in [-0.39, 0.29) is 0 Å². The van der Waals surface area contributed by atoms with Crippen LogP contribution in [0.5, 0.6) is 0 Å². The van der Waals surface area contributed by atoms with E-state index in [4.69, 9.17) is 4.74 Å². The zero-order chi connectivity index (χ0) is 9.14. The fourth-order valence-electron chi connectivity index (χ4n) is 1.37. The summed E-state index contributed by atoms with van der Waals surface area (Å²) in [6.07, 6.45) is 0.381. The van der Waals surface area contributed by atoms with Gasteiger partial charge >= 0.3 is 0 Å². The van der Waals surface area contributed by atoms with Gasteiger partial charge in [0.05, 0.1) is 12.7 Å². The molecule has 0 aromatic rings. The molecule has 1 aliphatic rings. The molecule has 2 nitrogen and oxygen atoms in total. The summed E-state index contributed by atoms with van der Waals surface area (Å²) in [5, 5.41) is 3.39. The maximum absolute atomic E-state index is 5.50. The predicted molar refractivity (Wildman–Crippen MR) is 54.4 cm³/mol. The highest BCUT2D eigenvalue weighted by atomic mass is 79.9. The van der Waals surface area contributed by atoms with Crippen LogP contribution in [0, 0.1) is 5.92 Å². The third-order valence-electron chi connectivity index (χ3n) is 2.47. The van der Waals surface area contributed by atoms with Crippen molar-refractivity contribution in [1.29, 1.82) is 0 Å². The zero-order valence-electron chi connectivity index (χ0n) is 7.64. The second-order valence-corrected chi connectivity index (χ2v) is 4.52. The van der Waals surface area contributed by atoms with Crippen LogP contribution < -0.4 is 5.32 Å². The lowest BCUT2D eigenvalue weighted by molar-refractivity contribution is 0.108. The van der Waals surface area contributed by atoms with E-state index in [1.807, 2.05) is 0 Å². The number of nitrogens with one attached hydrogen (secondary N) is 1. The molecule has 0 aliphatic carbocycles. The van der Waals surface area contributed by atoms with Crippen LogP contribution in [0.2, 0.25) is 0 Å². The van der Waals surface area contributed by atoms with Gasteiger partial charge in [0.15, 0.2) is 0 Å². The lowest BCUT2D eigenvalue weighted by Crippen LogP contribution is -2.35. The van der Waals surface area contributed by atoms with Crippen molar-refractivity contribution in [3.8, 4) is 0 Å². The predicted octanol–water partition coefficient (Wildman–Crippen LogP) is 1.91. The lowest BCUT2D eigenvalue weighted by Gasteiger charge is -2.16. The third kappa shape index (κ3) is 2.57. The standard InChI is InChI=1S/C9H16BrNO/c1-6(10)4-11-9-5-12-8(3)7(9)2/h7-9,11H,1,4-5H2,2-3H3. The van der Waals surface area contributed by atoms with E-state index in [9.17, 15) is 0 Å². The second kappa shape index (κ2) is 4.40. The van der Waals surface area contributed by atoms with Crippen molar-refractivity contribution in [3.05, 3.63) is 11.1 Å². The highest BCUT2D eigenvalue weighted by molar-refractivity contribution is 9.11. The molecule has 0 radical (unpaired) electrons. The molecule has 12 heavy (non-hydrogen) atoms. The summed E-state index contributed by atoms with van der Waals surface area (Å²) >= 11 is 3.32. The summed E-state index contributed by atoms with van der Waals surface area (Å²) in [4.78, 5) is 0. The molecule has 1 saturated heterocycles. The van der Waals surface area contributed by atoms with Crippen molar-refractivity contribution in [2.45, 2.75) is 26.0 Å². The van der Waals surface area contributed by atoms with Crippen LogP contribution in [0.25, 0.3) is 0 Å². The number of hydrogen-bond acceptors (Lipinski definition) is 2. The van der Waals surface area contributed by atoms with E-state index in [1.54, 1.807) is 0 Å². The van der Waals surface area contributed by atoms with Crippen molar-refractivity contribution in [2.75, 3.05) is 13.2 Å². The summed E-state index contributed by atoms with van der Waals surface area (Å²) in [5.41, 5.74) is 0. The van der Waals surface area contributed by atoms with Crippen LogP contribution in [-0.2, 0) is 4.74 Å². The van der Waals surface area contributed by atoms with E-state index < -0.39 is 0 Å². The molecule has 0 spiro atoms. The van der Waals surface area contributed by atoms with Crippen molar-refractivity contribution >= 4 is 15.9 Å². The largest absolute Gasteiger partial charge is 0.377 e. The average Bonchev–Trinajstić information content (AvgIpc) is 2.30. The van der Waals surface area contributed by atoms with Gasteiger partial charge in [-0.05, 0) is 12.8 Å². The van der Waals surface area contributed by atoms with E-state index in [0.29, 0.717) is 18.1 Å². The maximum Gasteiger partial charge on any atom is 0.0627 e. The van der Waals surface area contributed by atoms with E-state index in [0.717, 1.165) is 17.6 Å². The molecule has 70 valence electrons. The summed E-state index contributed by atoms with van der Waals surface area (Å²) < 4.78 is 6.50. The van der Waals surface area contributed by atoms with Crippen LogP contribution in [0.15, 0.2) is 11.1 Å². The first-order valence-electron chi connectivity index (χ1n) is 4.29. The van der Waals surface area contributed by atoms with Gasteiger partial charge in [0, 0.05) is 17.1 Å². The molecule has 1 N–H and O–H groups in total. The Labute approximate surface area is 82.5 Å². The number of ether oxygens (including phenoxy) is 1. The van der Waals surface area contributed by atoms with Crippen LogP contribution >= 0.6 is 15.9 Å². The van der Waals surface area contributed by atoms with E-state index >= 15 is 0 Å². The molecule has 3 unspecified atom stereocenters. The van der Waals surface area contributed by atoms with Crippen molar-refractivity contribution < 1.29 is 4.74 Å².